The topological polar surface area (TPSA) is 21.3 Å². The maximum atomic E-state index is 5.95. The number of ether oxygens (including phenoxy) is 1. The van der Waals surface area contributed by atoms with Crippen LogP contribution in [0.5, 0.6) is 0 Å². The fraction of sp³-hybridized carbons (Fsp3) is 1.00. The summed E-state index contributed by atoms with van der Waals surface area (Å²) in [7, 11) is 1.93. The summed E-state index contributed by atoms with van der Waals surface area (Å²) in [4.78, 5) is 0. The Morgan fingerprint density at radius 1 is 1.00 bits per heavy atom. The Bertz CT molecular complexity index is 231. The highest BCUT2D eigenvalue weighted by molar-refractivity contribution is 4.87. The lowest BCUT2D eigenvalue weighted by Crippen LogP contribution is -2.46. The fourth-order valence-corrected chi connectivity index (χ4v) is 4.35. The fourth-order valence-electron chi connectivity index (χ4n) is 4.35. The minimum absolute atomic E-state index is 0.445. The third kappa shape index (κ3) is 4.46. The van der Waals surface area contributed by atoms with Gasteiger partial charge in [0.2, 0.25) is 0 Å². The molecule has 2 fully saturated rings. The minimum atomic E-state index is 0.445. The molecule has 1 N–H and O–H groups in total. The van der Waals surface area contributed by atoms with E-state index in [0.29, 0.717) is 12.1 Å². The third-order valence-corrected chi connectivity index (χ3v) is 5.31. The highest BCUT2D eigenvalue weighted by Gasteiger charge is 2.32. The zero-order valence-corrected chi connectivity index (χ0v) is 13.0. The smallest absolute Gasteiger partial charge is 0.0752 e. The number of nitrogens with one attached hydrogen (secondary N) is 1. The van der Waals surface area contributed by atoms with E-state index >= 15 is 0 Å². The van der Waals surface area contributed by atoms with Crippen molar-refractivity contribution in [2.45, 2.75) is 83.3 Å². The van der Waals surface area contributed by atoms with E-state index in [-0.39, 0.29) is 0 Å². The summed E-state index contributed by atoms with van der Waals surface area (Å²) in [6.45, 7) is 3.30. The molecular formula is C17H33NO. The highest BCUT2D eigenvalue weighted by Crippen LogP contribution is 2.34. The van der Waals surface area contributed by atoms with Crippen molar-refractivity contribution in [3.05, 3.63) is 0 Å². The molecule has 0 heterocycles. The SMILES string of the molecule is CCNC(CC1CCCC1)C(OC)C1CCCCC1. The molecule has 0 spiro atoms. The van der Waals surface area contributed by atoms with Gasteiger partial charge in [0.25, 0.3) is 0 Å². The van der Waals surface area contributed by atoms with Crippen molar-refractivity contribution >= 4 is 0 Å². The minimum Gasteiger partial charge on any atom is -0.380 e. The van der Waals surface area contributed by atoms with Gasteiger partial charge in [-0.2, -0.15) is 0 Å². The van der Waals surface area contributed by atoms with Gasteiger partial charge in [-0.3, -0.25) is 0 Å². The maximum absolute atomic E-state index is 5.95. The highest BCUT2D eigenvalue weighted by atomic mass is 16.5. The van der Waals surface area contributed by atoms with E-state index in [1.165, 1.54) is 64.2 Å². The lowest BCUT2D eigenvalue weighted by Gasteiger charge is -2.36. The van der Waals surface area contributed by atoms with Crippen LogP contribution in [0.4, 0.5) is 0 Å². The molecule has 0 aromatic rings. The molecule has 2 saturated carbocycles. The van der Waals surface area contributed by atoms with Crippen LogP contribution in [-0.4, -0.2) is 25.8 Å². The molecule has 0 aromatic carbocycles. The standard InChI is InChI=1S/C17H33NO/c1-3-18-16(13-14-9-7-8-10-14)17(19-2)15-11-5-4-6-12-15/h14-18H,3-13H2,1-2H3. The maximum Gasteiger partial charge on any atom is 0.0752 e. The quantitative estimate of drug-likeness (QED) is 0.748. The molecule has 19 heavy (non-hydrogen) atoms. The number of methoxy groups -OCH3 is 1. The van der Waals surface area contributed by atoms with Gasteiger partial charge in [-0.05, 0) is 37.6 Å². The van der Waals surface area contributed by atoms with Crippen LogP contribution in [0, 0.1) is 11.8 Å². The van der Waals surface area contributed by atoms with Crippen LogP contribution in [0.25, 0.3) is 0 Å². The molecule has 0 aliphatic heterocycles. The summed E-state index contributed by atoms with van der Waals surface area (Å²) in [5.41, 5.74) is 0. The molecule has 2 aliphatic rings. The van der Waals surface area contributed by atoms with Crippen LogP contribution < -0.4 is 5.32 Å². The first kappa shape index (κ1) is 15.3. The Balaban J connectivity index is 1.92. The molecule has 2 unspecified atom stereocenters. The second kappa shape index (κ2) is 8.26. The van der Waals surface area contributed by atoms with Crippen molar-refractivity contribution in [3.8, 4) is 0 Å². The van der Waals surface area contributed by atoms with Crippen LogP contribution in [0.1, 0.15) is 71.1 Å². The van der Waals surface area contributed by atoms with Gasteiger partial charge in [0.15, 0.2) is 0 Å². The number of likely N-dealkylation sites (N-methyl/N-ethyl adjacent to an activating group) is 1. The zero-order valence-electron chi connectivity index (χ0n) is 13.0. The van der Waals surface area contributed by atoms with Gasteiger partial charge in [-0.1, -0.05) is 51.9 Å². The van der Waals surface area contributed by atoms with Crippen molar-refractivity contribution < 1.29 is 4.74 Å². The molecule has 2 aliphatic carbocycles. The number of hydrogen-bond donors (Lipinski definition) is 1. The van der Waals surface area contributed by atoms with Gasteiger partial charge in [0.1, 0.15) is 0 Å². The Hall–Kier alpha value is -0.0800. The monoisotopic (exact) mass is 267 g/mol. The lowest BCUT2D eigenvalue weighted by molar-refractivity contribution is 0.00262. The first-order chi connectivity index (χ1) is 9.35. The van der Waals surface area contributed by atoms with Gasteiger partial charge < -0.3 is 10.1 Å². The normalized spacial score (nSPS) is 25.6. The first-order valence-corrected chi connectivity index (χ1v) is 8.61. The van der Waals surface area contributed by atoms with E-state index in [4.69, 9.17) is 4.74 Å². The summed E-state index contributed by atoms with van der Waals surface area (Å²) >= 11 is 0. The average Bonchev–Trinajstić information content (AvgIpc) is 2.94. The van der Waals surface area contributed by atoms with Crippen molar-refractivity contribution in [1.29, 1.82) is 0 Å². The van der Waals surface area contributed by atoms with Crippen molar-refractivity contribution in [2.24, 2.45) is 11.8 Å². The van der Waals surface area contributed by atoms with Crippen LogP contribution in [0.2, 0.25) is 0 Å². The van der Waals surface area contributed by atoms with Crippen molar-refractivity contribution in [1.82, 2.24) is 5.32 Å². The lowest BCUT2D eigenvalue weighted by atomic mass is 9.80. The molecular weight excluding hydrogens is 234 g/mol. The summed E-state index contributed by atoms with van der Waals surface area (Å²) in [6.07, 6.45) is 14.6. The van der Waals surface area contributed by atoms with Crippen LogP contribution in [-0.2, 0) is 4.74 Å². The van der Waals surface area contributed by atoms with E-state index in [1.807, 2.05) is 7.11 Å². The summed E-state index contributed by atoms with van der Waals surface area (Å²) in [6, 6.07) is 0.584. The van der Waals surface area contributed by atoms with Crippen LogP contribution in [0.15, 0.2) is 0 Å². The Labute approximate surface area is 119 Å². The largest absolute Gasteiger partial charge is 0.380 e. The van der Waals surface area contributed by atoms with Gasteiger partial charge >= 0.3 is 0 Å². The average molecular weight is 267 g/mol. The van der Waals surface area contributed by atoms with Gasteiger partial charge in [-0.25, -0.2) is 0 Å². The molecule has 0 aromatic heterocycles. The first-order valence-electron chi connectivity index (χ1n) is 8.61. The second-order valence-corrected chi connectivity index (χ2v) is 6.65. The van der Waals surface area contributed by atoms with Crippen LogP contribution in [0.3, 0.4) is 0 Å². The molecule has 2 heteroatoms. The second-order valence-electron chi connectivity index (χ2n) is 6.65. The molecule has 0 radical (unpaired) electrons. The van der Waals surface area contributed by atoms with Crippen LogP contribution >= 0.6 is 0 Å². The summed E-state index contributed by atoms with van der Waals surface area (Å²) in [5.74, 6) is 1.74. The Morgan fingerprint density at radius 3 is 2.21 bits per heavy atom. The molecule has 2 rings (SSSR count). The number of hydrogen-bond acceptors (Lipinski definition) is 2. The summed E-state index contributed by atoms with van der Waals surface area (Å²) < 4.78 is 5.95. The van der Waals surface area contributed by atoms with E-state index in [9.17, 15) is 0 Å². The van der Waals surface area contributed by atoms with E-state index in [1.54, 1.807) is 0 Å². The Morgan fingerprint density at radius 2 is 1.63 bits per heavy atom. The summed E-state index contributed by atoms with van der Waals surface area (Å²) in [5, 5.41) is 3.73. The molecule has 2 nitrogen and oxygen atoms in total. The molecule has 112 valence electrons. The zero-order chi connectivity index (χ0) is 13.5. The molecule has 2 atom stereocenters. The van der Waals surface area contributed by atoms with Gasteiger partial charge in [0.05, 0.1) is 6.10 Å². The van der Waals surface area contributed by atoms with E-state index in [2.05, 4.69) is 12.2 Å². The van der Waals surface area contributed by atoms with Gasteiger partial charge in [-0.15, -0.1) is 0 Å². The Kier molecular flexibility index (Phi) is 6.66. The van der Waals surface area contributed by atoms with E-state index < -0.39 is 0 Å². The molecule has 0 amide bonds. The third-order valence-electron chi connectivity index (χ3n) is 5.31. The predicted octanol–water partition coefficient (Wildman–Crippen LogP) is 4.14. The van der Waals surface area contributed by atoms with Crippen molar-refractivity contribution in [2.75, 3.05) is 13.7 Å². The molecule has 0 bridgehead atoms. The number of rotatable bonds is 7. The predicted molar refractivity (Wildman–Crippen MR) is 81.4 cm³/mol. The van der Waals surface area contributed by atoms with Crippen molar-refractivity contribution in [3.63, 3.8) is 0 Å². The van der Waals surface area contributed by atoms with E-state index in [0.717, 1.165) is 18.4 Å². The van der Waals surface area contributed by atoms with Gasteiger partial charge in [0, 0.05) is 13.2 Å². The molecule has 0 saturated heterocycles.